The molecule has 6 nitrogen and oxygen atoms in total. The van der Waals surface area contributed by atoms with Crippen molar-refractivity contribution in [1.29, 1.82) is 0 Å². The van der Waals surface area contributed by atoms with Crippen LogP contribution in [0.15, 0.2) is 41.5 Å². The van der Waals surface area contributed by atoms with Gasteiger partial charge in [-0.1, -0.05) is 0 Å². The normalized spacial score (nSPS) is 17.5. The third-order valence-electron chi connectivity index (χ3n) is 4.51. The predicted octanol–water partition coefficient (Wildman–Crippen LogP) is 1.79. The Morgan fingerprint density at radius 3 is 2.54 bits per heavy atom. The summed E-state index contributed by atoms with van der Waals surface area (Å²) >= 11 is 0. The Hall–Kier alpha value is -2.63. The first-order valence-electron chi connectivity index (χ1n) is 8.21. The Bertz CT molecular complexity index is 821. The highest BCUT2D eigenvalue weighted by atomic mass is 16.5. The number of hydrogen-bond acceptors (Lipinski definition) is 4. The Morgan fingerprint density at radius 1 is 1.21 bits per heavy atom. The molecule has 2 aliphatic rings. The molecule has 1 saturated heterocycles. The minimum Gasteiger partial charge on any atom is -0.486 e. The van der Waals surface area contributed by atoms with E-state index in [4.69, 9.17) is 4.74 Å². The predicted molar refractivity (Wildman–Crippen MR) is 88.3 cm³/mol. The van der Waals surface area contributed by atoms with Crippen LogP contribution in [-0.4, -0.2) is 39.6 Å². The fourth-order valence-corrected chi connectivity index (χ4v) is 3.10. The lowest BCUT2D eigenvalue weighted by Crippen LogP contribution is -2.56. The number of likely N-dealkylation sites (tertiary alicyclic amines) is 1. The monoisotopic (exact) mass is 325 g/mol. The SMILES string of the molecule is Cc1cc(OC2CN(C(=O)c3ccncc3)C2)cc(=O)n1C1CC1. The standard InChI is InChI=1S/C18H19N3O3/c1-12-8-15(9-17(22)21(12)14-2-3-14)24-16-10-20(11-16)18(23)13-4-6-19-7-5-13/h4-9,14,16H,2-3,10-11H2,1H3. The molecule has 0 bridgehead atoms. The number of pyridine rings is 2. The zero-order valence-corrected chi connectivity index (χ0v) is 13.5. The molecule has 6 heteroatoms. The van der Waals surface area contributed by atoms with E-state index >= 15 is 0 Å². The number of aryl methyl sites for hydroxylation is 1. The molecule has 0 aromatic carbocycles. The number of aromatic nitrogens is 2. The van der Waals surface area contributed by atoms with Gasteiger partial charge in [-0.15, -0.1) is 0 Å². The van der Waals surface area contributed by atoms with Gasteiger partial charge in [0.05, 0.1) is 13.1 Å². The van der Waals surface area contributed by atoms with E-state index in [0.717, 1.165) is 18.5 Å². The smallest absolute Gasteiger partial charge is 0.254 e. The summed E-state index contributed by atoms with van der Waals surface area (Å²) in [6.45, 7) is 3.00. The first-order chi connectivity index (χ1) is 11.6. The lowest BCUT2D eigenvalue weighted by atomic mass is 10.1. The molecule has 2 aromatic rings. The van der Waals surface area contributed by atoms with Gasteiger partial charge < -0.3 is 14.2 Å². The number of amides is 1. The number of ether oxygens (including phenoxy) is 1. The van der Waals surface area contributed by atoms with Gasteiger partial charge in [-0.25, -0.2) is 0 Å². The van der Waals surface area contributed by atoms with E-state index in [0.29, 0.717) is 30.4 Å². The summed E-state index contributed by atoms with van der Waals surface area (Å²) in [7, 11) is 0. The van der Waals surface area contributed by atoms with Gasteiger partial charge in [0.1, 0.15) is 11.9 Å². The van der Waals surface area contributed by atoms with Crippen LogP contribution < -0.4 is 10.3 Å². The lowest BCUT2D eigenvalue weighted by molar-refractivity contribution is 0.0176. The molecule has 1 amide bonds. The molecule has 0 atom stereocenters. The van der Waals surface area contributed by atoms with Gasteiger partial charge >= 0.3 is 0 Å². The van der Waals surface area contributed by atoms with E-state index in [-0.39, 0.29) is 17.6 Å². The second-order valence-electron chi connectivity index (χ2n) is 6.46. The largest absolute Gasteiger partial charge is 0.486 e. The number of nitrogens with zero attached hydrogens (tertiary/aromatic N) is 3. The highest BCUT2D eigenvalue weighted by molar-refractivity contribution is 5.94. The Morgan fingerprint density at radius 2 is 1.92 bits per heavy atom. The van der Waals surface area contributed by atoms with Gasteiger partial charge in [0.25, 0.3) is 11.5 Å². The molecule has 4 rings (SSSR count). The topological polar surface area (TPSA) is 64.4 Å². The van der Waals surface area contributed by atoms with Gasteiger partial charge in [0.2, 0.25) is 0 Å². The third kappa shape index (κ3) is 2.79. The molecule has 0 spiro atoms. The van der Waals surface area contributed by atoms with Gasteiger partial charge in [-0.3, -0.25) is 14.6 Å². The van der Waals surface area contributed by atoms with Crippen LogP contribution in [0.5, 0.6) is 5.75 Å². The van der Waals surface area contributed by atoms with Crippen LogP contribution in [0.4, 0.5) is 0 Å². The van der Waals surface area contributed by atoms with E-state index in [2.05, 4.69) is 4.98 Å². The van der Waals surface area contributed by atoms with Crippen LogP contribution in [0.3, 0.4) is 0 Å². The maximum atomic E-state index is 12.2. The third-order valence-corrected chi connectivity index (χ3v) is 4.51. The Kier molecular flexibility index (Phi) is 3.59. The van der Waals surface area contributed by atoms with Crippen molar-refractivity contribution in [3.05, 3.63) is 58.3 Å². The van der Waals surface area contributed by atoms with Crippen molar-refractivity contribution in [3.63, 3.8) is 0 Å². The van der Waals surface area contributed by atoms with Crippen molar-refractivity contribution in [2.75, 3.05) is 13.1 Å². The molecule has 124 valence electrons. The minimum atomic E-state index is -0.0636. The van der Waals surface area contributed by atoms with Crippen LogP contribution in [0.25, 0.3) is 0 Å². The van der Waals surface area contributed by atoms with Gasteiger partial charge in [0.15, 0.2) is 0 Å². The van der Waals surface area contributed by atoms with Gasteiger partial charge in [-0.2, -0.15) is 0 Å². The van der Waals surface area contributed by atoms with E-state index < -0.39 is 0 Å². The summed E-state index contributed by atoms with van der Waals surface area (Å²) in [6, 6.07) is 7.24. The molecule has 2 aromatic heterocycles. The van der Waals surface area contributed by atoms with Gasteiger partial charge in [-0.05, 0) is 38.0 Å². The zero-order chi connectivity index (χ0) is 16.7. The second-order valence-corrected chi connectivity index (χ2v) is 6.46. The van der Waals surface area contributed by atoms with Crippen LogP contribution in [0.1, 0.15) is 34.9 Å². The van der Waals surface area contributed by atoms with Crippen molar-refractivity contribution in [1.82, 2.24) is 14.5 Å². The second kappa shape index (κ2) is 5.78. The average molecular weight is 325 g/mol. The summed E-state index contributed by atoms with van der Waals surface area (Å²) in [5.74, 6) is 0.577. The molecule has 1 aliphatic heterocycles. The molecule has 0 unspecified atom stereocenters. The van der Waals surface area contributed by atoms with Crippen LogP contribution in [-0.2, 0) is 0 Å². The van der Waals surface area contributed by atoms with Crippen molar-refractivity contribution < 1.29 is 9.53 Å². The first kappa shape index (κ1) is 14.9. The molecule has 0 radical (unpaired) electrons. The molecular formula is C18H19N3O3. The highest BCUT2D eigenvalue weighted by Gasteiger charge is 2.33. The van der Waals surface area contributed by atoms with Crippen molar-refractivity contribution in [2.24, 2.45) is 0 Å². The molecule has 24 heavy (non-hydrogen) atoms. The molecule has 1 aliphatic carbocycles. The van der Waals surface area contributed by atoms with E-state index in [1.807, 2.05) is 17.6 Å². The zero-order valence-electron chi connectivity index (χ0n) is 13.5. The van der Waals surface area contributed by atoms with Crippen molar-refractivity contribution >= 4 is 5.91 Å². The van der Waals surface area contributed by atoms with Crippen LogP contribution >= 0.6 is 0 Å². The highest BCUT2D eigenvalue weighted by Crippen LogP contribution is 2.35. The number of rotatable bonds is 4. The summed E-state index contributed by atoms with van der Waals surface area (Å²) in [5, 5.41) is 0. The van der Waals surface area contributed by atoms with Gasteiger partial charge in [0, 0.05) is 35.8 Å². The quantitative estimate of drug-likeness (QED) is 0.860. The summed E-state index contributed by atoms with van der Waals surface area (Å²) < 4.78 is 7.70. The van der Waals surface area contributed by atoms with E-state index in [9.17, 15) is 9.59 Å². The number of carbonyl (C=O) groups is 1. The molecule has 2 fully saturated rings. The average Bonchev–Trinajstić information content (AvgIpc) is 3.35. The molecule has 3 heterocycles. The van der Waals surface area contributed by atoms with Crippen LogP contribution in [0.2, 0.25) is 0 Å². The lowest BCUT2D eigenvalue weighted by Gasteiger charge is -2.39. The minimum absolute atomic E-state index is 0.00320. The molecular weight excluding hydrogens is 306 g/mol. The maximum Gasteiger partial charge on any atom is 0.254 e. The van der Waals surface area contributed by atoms with Crippen molar-refractivity contribution in [3.8, 4) is 5.75 Å². The summed E-state index contributed by atoms with van der Waals surface area (Å²) in [5.41, 5.74) is 1.56. The Labute approximate surface area is 139 Å². The fourth-order valence-electron chi connectivity index (χ4n) is 3.10. The van der Waals surface area contributed by atoms with Crippen molar-refractivity contribution in [2.45, 2.75) is 31.9 Å². The van der Waals surface area contributed by atoms with E-state index in [1.54, 1.807) is 35.5 Å². The molecule has 0 N–H and O–H groups in total. The maximum absolute atomic E-state index is 12.2. The fraction of sp³-hybridized carbons (Fsp3) is 0.389. The number of hydrogen-bond donors (Lipinski definition) is 0. The number of carbonyl (C=O) groups excluding carboxylic acids is 1. The first-order valence-corrected chi connectivity index (χ1v) is 8.21. The molecule has 1 saturated carbocycles. The summed E-state index contributed by atoms with van der Waals surface area (Å²) in [6.07, 6.45) is 5.31. The van der Waals surface area contributed by atoms with E-state index in [1.165, 1.54) is 0 Å². The summed E-state index contributed by atoms with van der Waals surface area (Å²) in [4.78, 5) is 30.1. The van der Waals surface area contributed by atoms with Crippen LogP contribution in [0, 0.1) is 6.92 Å². The Balaban J connectivity index is 1.38.